The molecule has 0 saturated carbocycles. The number of halogens is 1. The van der Waals surface area contributed by atoms with E-state index < -0.39 is 0 Å². The van der Waals surface area contributed by atoms with Crippen molar-refractivity contribution in [3.8, 4) is 11.4 Å². The number of nitrogens with one attached hydrogen (secondary N) is 1. The first-order valence-electron chi connectivity index (χ1n) is 9.53. The van der Waals surface area contributed by atoms with E-state index in [1.165, 1.54) is 16.8 Å². The minimum Gasteiger partial charge on any atom is -0.485 e. The normalized spacial score (nSPS) is 10.6. The van der Waals surface area contributed by atoms with Gasteiger partial charge in [0.15, 0.2) is 11.4 Å². The van der Waals surface area contributed by atoms with E-state index in [1.807, 2.05) is 60.7 Å². The second-order valence-corrected chi connectivity index (χ2v) is 6.71. The molecule has 0 fully saturated rings. The maximum absolute atomic E-state index is 13.3. The highest BCUT2D eigenvalue weighted by Gasteiger charge is 2.19. The summed E-state index contributed by atoms with van der Waals surface area (Å²) in [5, 5.41) is 7.26. The van der Waals surface area contributed by atoms with Gasteiger partial charge in [0, 0.05) is 6.54 Å². The van der Waals surface area contributed by atoms with Gasteiger partial charge in [0.2, 0.25) is 0 Å². The molecule has 1 N–H and O–H groups in total. The number of hydrogen-bond donors (Lipinski definition) is 1. The SMILES string of the molecule is O=C(NCc1ccccc1)c1nn(-c2ccc(F)cc2)cc1OCc1ccccc1. The fraction of sp³-hybridized carbons (Fsp3) is 0.0833. The van der Waals surface area contributed by atoms with Gasteiger partial charge in [-0.3, -0.25) is 4.79 Å². The molecule has 0 saturated heterocycles. The summed E-state index contributed by atoms with van der Waals surface area (Å²) < 4.78 is 20.7. The molecule has 0 radical (unpaired) electrons. The second kappa shape index (κ2) is 9.05. The molecule has 0 aliphatic heterocycles. The van der Waals surface area contributed by atoms with Gasteiger partial charge in [0.1, 0.15) is 12.4 Å². The Morgan fingerprint density at radius 3 is 2.20 bits per heavy atom. The summed E-state index contributed by atoms with van der Waals surface area (Å²) in [6.45, 7) is 0.677. The van der Waals surface area contributed by atoms with Gasteiger partial charge in [-0.15, -0.1) is 0 Å². The zero-order valence-corrected chi connectivity index (χ0v) is 16.2. The fourth-order valence-corrected chi connectivity index (χ4v) is 2.94. The minimum atomic E-state index is -0.345. The van der Waals surface area contributed by atoms with Crippen LogP contribution in [0.5, 0.6) is 5.75 Å². The second-order valence-electron chi connectivity index (χ2n) is 6.71. The van der Waals surface area contributed by atoms with E-state index in [0.717, 1.165) is 11.1 Å². The van der Waals surface area contributed by atoms with Gasteiger partial charge in [0.05, 0.1) is 11.9 Å². The number of hydrogen-bond acceptors (Lipinski definition) is 3. The predicted molar refractivity (Wildman–Crippen MR) is 112 cm³/mol. The first-order valence-corrected chi connectivity index (χ1v) is 9.53. The molecular weight excluding hydrogens is 381 g/mol. The number of nitrogens with zero attached hydrogens (tertiary/aromatic N) is 2. The quantitative estimate of drug-likeness (QED) is 0.495. The Hall–Kier alpha value is -3.93. The molecule has 0 aliphatic rings. The third-order valence-corrected chi connectivity index (χ3v) is 4.52. The van der Waals surface area contributed by atoms with Crippen LogP contribution in [0.15, 0.2) is 91.1 Å². The minimum absolute atomic E-state index is 0.172. The Morgan fingerprint density at radius 1 is 0.900 bits per heavy atom. The van der Waals surface area contributed by atoms with Crippen LogP contribution in [0.1, 0.15) is 21.6 Å². The van der Waals surface area contributed by atoms with Crippen LogP contribution in [0.3, 0.4) is 0 Å². The van der Waals surface area contributed by atoms with E-state index in [-0.39, 0.29) is 17.4 Å². The van der Waals surface area contributed by atoms with Crippen LogP contribution in [0.25, 0.3) is 5.69 Å². The van der Waals surface area contributed by atoms with E-state index in [1.54, 1.807) is 18.3 Å². The smallest absolute Gasteiger partial charge is 0.275 e. The van der Waals surface area contributed by atoms with Crippen LogP contribution in [-0.4, -0.2) is 15.7 Å². The summed E-state index contributed by atoms with van der Waals surface area (Å²) in [5.74, 6) is -0.330. The Balaban J connectivity index is 1.57. The van der Waals surface area contributed by atoms with Crippen LogP contribution < -0.4 is 10.1 Å². The predicted octanol–water partition coefficient (Wildman–Crippen LogP) is 4.52. The van der Waals surface area contributed by atoms with E-state index in [0.29, 0.717) is 24.6 Å². The van der Waals surface area contributed by atoms with Gasteiger partial charge < -0.3 is 10.1 Å². The molecule has 6 heteroatoms. The van der Waals surface area contributed by atoms with Crippen LogP contribution in [0.2, 0.25) is 0 Å². The van der Waals surface area contributed by atoms with Crippen molar-refractivity contribution in [2.24, 2.45) is 0 Å². The van der Waals surface area contributed by atoms with Crippen molar-refractivity contribution in [3.63, 3.8) is 0 Å². The van der Waals surface area contributed by atoms with Crippen molar-refractivity contribution >= 4 is 5.91 Å². The molecule has 1 amide bonds. The average Bonchev–Trinajstić information content (AvgIpc) is 3.22. The summed E-state index contributed by atoms with van der Waals surface area (Å²) in [7, 11) is 0. The summed E-state index contributed by atoms with van der Waals surface area (Å²) >= 11 is 0. The molecule has 1 heterocycles. The number of carbonyl (C=O) groups excluding carboxylic acids is 1. The van der Waals surface area contributed by atoms with Crippen LogP contribution in [-0.2, 0) is 13.2 Å². The number of carbonyl (C=O) groups is 1. The van der Waals surface area contributed by atoms with E-state index in [2.05, 4.69) is 10.4 Å². The summed E-state index contributed by atoms with van der Waals surface area (Å²) in [4.78, 5) is 12.8. The molecule has 0 atom stereocenters. The molecule has 0 bridgehead atoms. The number of rotatable bonds is 7. The molecule has 0 unspecified atom stereocenters. The lowest BCUT2D eigenvalue weighted by atomic mass is 10.2. The lowest BCUT2D eigenvalue weighted by Crippen LogP contribution is -2.24. The summed E-state index contributed by atoms with van der Waals surface area (Å²) in [6.07, 6.45) is 1.63. The third kappa shape index (κ3) is 4.72. The van der Waals surface area contributed by atoms with Gasteiger partial charge in [-0.05, 0) is 35.4 Å². The van der Waals surface area contributed by atoms with Crippen LogP contribution in [0, 0.1) is 5.82 Å². The van der Waals surface area contributed by atoms with Crippen LogP contribution in [0.4, 0.5) is 4.39 Å². The summed E-state index contributed by atoms with van der Waals surface area (Å²) in [5.41, 5.74) is 2.76. The van der Waals surface area contributed by atoms with Crippen molar-refractivity contribution in [1.29, 1.82) is 0 Å². The summed E-state index contributed by atoms with van der Waals surface area (Å²) in [6, 6.07) is 25.2. The Bertz CT molecular complexity index is 1110. The monoisotopic (exact) mass is 401 g/mol. The van der Waals surface area contributed by atoms with Gasteiger partial charge >= 0.3 is 0 Å². The van der Waals surface area contributed by atoms with Gasteiger partial charge in [-0.1, -0.05) is 60.7 Å². The Labute approximate surface area is 173 Å². The molecule has 4 aromatic rings. The molecule has 30 heavy (non-hydrogen) atoms. The molecule has 0 aliphatic carbocycles. The Kier molecular flexibility index (Phi) is 5.85. The number of ether oxygens (including phenoxy) is 1. The highest BCUT2D eigenvalue weighted by Crippen LogP contribution is 2.22. The van der Waals surface area contributed by atoms with Crippen molar-refractivity contribution in [3.05, 3.63) is 114 Å². The maximum Gasteiger partial charge on any atom is 0.275 e. The molecule has 3 aromatic carbocycles. The zero-order valence-electron chi connectivity index (χ0n) is 16.2. The average molecular weight is 401 g/mol. The van der Waals surface area contributed by atoms with Crippen LogP contribution >= 0.6 is 0 Å². The van der Waals surface area contributed by atoms with Gasteiger partial charge in [-0.25, -0.2) is 9.07 Å². The highest BCUT2D eigenvalue weighted by atomic mass is 19.1. The lowest BCUT2D eigenvalue weighted by molar-refractivity contribution is 0.0941. The van der Waals surface area contributed by atoms with E-state index >= 15 is 0 Å². The van der Waals surface area contributed by atoms with E-state index in [9.17, 15) is 9.18 Å². The third-order valence-electron chi connectivity index (χ3n) is 4.52. The first kappa shape index (κ1) is 19.4. The molecule has 150 valence electrons. The zero-order chi connectivity index (χ0) is 20.8. The molecule has 5 nitrogen and oxygen atoms in total. The lowest BCUT2D eigenvalue weighted by Gasteiger charge is -2.07. The highest BCUT2D eigenvalue weighted by molar-refractivity contribution is 5.94. The molecule has 4 rings (SSSR count). The van der Waals surface area contributed by atoms with E-state index in [4.69, 9.17) is 4.74 Å². The Morgan fingerprint density at radius 2 is 1.53 bits per heavy atom. The van der Waals surface area contributed by atoms with Crippen molar-refractivity contribution in [1.82, 2.24) is 15.1 Å². The van der Waals surface area contributed by atoms with Crippen molar-refractivity contribution in [2.75, 3.05) is 0 Å². The largest absolute Gasteiger partial charge is 0.485 e. The van der Waals surface area contributed by atoms with Crippen molar-refractivity contribution in [2.45, 2.75) is 13.2 Å². The topological polar surface area (TPSA) is 56.2 Å². The first-order chi connectivity index (χ1) is 14.7. The number of aromatic nitrogens is 2. The number of amides is 1. The van der Waals surface area contributed by atoms with Crippen molar-refractivity contribution < 1.29 is 13.9 Å². The standard InChI is InChI=1S/C24H20FN3O2/c25-20-11-13-21(14-12-20)28-16-22(30-17-19-9-5-2-6-10-19)23(27-28)24(29)26-15-18-7-3-1-4-8-18/h1-14,16H,15,17H2,(H,26,29). The molecule has 0 spiro atoms. The van der Waals surface area contributed by atoms with Gasteiger partial charge in [-0.2, -0.15) is 5.10 Å². The maximum atomic E-state index is 13.3. The number of benzene rings is 3. The fourth-order valence-electron chi connectivity index (χ4n) is 2.94. The van der Waals surface area contributed by atoms with Gasteiger partial charge in [0.25, 0.3) is 5.91 Å². The molecular formula is C24H20FN3O2. The molecule has 1 aromatic heterocycles.